The van der Waals surface area contributed by atoms with E-state index in [1.54, 1.807) is 0 Å². The van der Waals surface area contributed by atoms with Crippen molar-refractivity contribution in [1.29, 1.82) is 0 Å². The Kier molecular flexibility index (Phi) is 6.91. The van der Waals surface area contributed by atoms with Gasteiger partial charge in [-0.05, 0) is 34.9 Å². The molecule has 0 radical (unpaired) electrons. The van der Waals surface area contributed by atoms with Gasteiger partial charge in [0.25, 0.3) is 0 Å². The molecule has 0 aromatic heterocycles. The van der Waals surface area contributed by atoms with Gasteiger partial charge >= 0.3 is 12.4 Å². The number of carbonyl (C=O) groups excluding carboxylic acids is 1. The number of nitrogens with one attached hydrogen (secondary N) is 1. The minimum Gasteiger partial charge on any atom is -0.352 e. The van der Waals surface area contributed by atoms with E-state index in [0.717, 1.165) is 11.1 Å². The van der Waals surface area contributed by atoms with E-state index < -0.39 is 35.9 Å². The minimum atomic E-state index is -4.94. The maximum atomic E-state index is 13.0. The van der Waals surface area contributed by atoms with Crippen molar-refractivity contribution in [2.24, 2.45) is 0 Å². The summed E-state index contributed by atoms with van der Waals surface area (Å²) in [6.45, 7) is -0.456. The molecule has 2 nitrogen and oxygen atoms in total. The molecule has 3 aromatic carbocycles. The molecule has 3 rings (SSSR count). The van der Waals surface area contributed by atoms with Crippen LogP contribution in [0.4, 0.5) is 26.3 Å². The number of carbonyl (C=O) groups is 1. The highest BCUT2D eigenvalue weighted by Gasteiger charge is 2.36. The number of benzene rings is 3. The third-order valence-electron chi connectivity index (χ3n) is 4.93. The van der Waals surface area contributed by atoms with Gasteiger partial charge in [0.1, 0.15) is 0 Å². The number of alkyl halides is 6. The van der Waals surface area contributed by atoms with Gasteiger partial charge in [-0.2, -0.15) is 26.3 Å². The second-order valence-corrected chi connectivity index (χ2v) is 7.27. The van der Waals surface area contributed by atoms with Gasteiger partial charge < -0.3 is 5.32 Å². The molecule has 3 aromatic rings. The lowest BCUT2D eigenvalue weighted by Gasteiger charge is -2.18. The molecule has 0 unspecified atom stereocenters. The van der Waals surface area contributed by atoms with Crippen molar-refractivity contribution < 1.29 is 31.1 Å². The SMILES string of the molecule is O=C(CC(c1ccccc1)c1ccccc1)NCc1cc(C(F)(F)F)cc(C(F)(F)F)c1. The molecule has 1 amide bonds. The Balaban J connectivity index is 1.78. The molecule has 8 heteroatoms. The highest BCUT2D eigenvalue weighted by molar-refractivity contribution is 5.77. The topological polar surface area (TPSA) is 29.1 Å². The van der Waals surface area contributed by atoms with Crippen molar-refractivity contribution in [2.75, 3.05) is 0 Å². The fourth-order valence-electron chi connectivity index (χ4n) is 3.38. The molecule has 0 fully saturated rings. The number of halogens is 6. The number of amides is 1. The first-order chi connectivity index (χ1) is 15.0. The Hall–Kier alpha value is -3.29. The highest BCUT2D eigenvalue weighted by atomic mass is 19.4. The molecule has 0 heterocycles. The summed E-state index contributed by atoms with van der Waals surface area (Å²) >= 11 is 0. The van der Waals surface area contributed by atoms with Crippen molar-refractivity contribution in [3.63, 3.8) is 0 Å². The van der Waals surface area contributed by atoms with Gasteiger partial charge in [0.2, 0.25) is 5.91 Å². The van der Waals surface area contributed by atoms with Crippen LogP contribution in [-0.2, 0) is 23.7 Å². The fourth-order valence-corrected chi connectivity index (χ4v) is 3.38. The van der Waals surface area contributed by atoms with Crippen molar-refractivity contribution >= 4 is 5.91 Å². The van der Waals surface area contributed by atoms with Gasteiger partial charge in [-0.15, -0.1) is 0 Å². The maximum absolute atomic E-state index is 13.0. The number of hydrogen-bond acceptors (Lipinski definition) is 1. The lowest BCUT2D eigenvalue weighted by molar-refractivity contribution is -0.143. The first-order valence-corrected chi connectivity index (χ1v) is 9.69. The molecule has 0 spiro atoms. The van der Waals surface area contributed by atoms with E-state index in [-0.39, 0.29) is 24.0 Å². The average molecular weight is 451 g/mol. The van der Waals surface area contributed by atoms with Crippen LogP contribution in [0.25, 0.3) is 0 Å². The lowest BCUT2D eigenvalue weighted by Crippen LogP contribution is -2.25. The van der Waals surface area contributed by atoms with E-state index in [1.807, 2.05) is 60.7 Å². The van der Waals surface area contributed by atoms with Crippen molar-refractivity contribution in [1.82, 2.24) is 5.32 Å². The van der Waals surface area contributed by atoms with Crippen LogP contribution in [0.1, 0.15) is 40.2 Å². The molecule has 0 aliphatic heterocycles. The first-order valence-electron chi connectivity index (χ1n) is 9.69. The highest BCUT2D eigenvalue weighted by Crippen LogP contribution is 2.36. The van der Waals surface area contributed by atoms with E-state index >= 15 is 0 Å². The summed E-state index contributed by atoms with van der Waals surface area (Å²) in [5, 5.41) is 2.45. The Morgan fingerprint density at radius 3 is 1.56 bits per heavy atom. The van der Waals surface area contributed by atoms with Crippen molar-refractivity contribution in [3.8, 4) is 0 Å². The monoisotopic (exact) mass is 451 g/mol. The van der Waals surface area contributed by atoms with Gasteiger partial charge in [-0.3, -0.25) is 4.79 Å². The minimum absolute atomic E-state index is 0.0148. The third-order valence-corrected chi connectivity index (χ3v) is 4.93. The summed E-state index contributed by atoms with van der Waals surface area (Å²) in [7, 11) is 0. The Morgan fingerprint density at radius 1 is 0.719 bits per heavy atom. The van der Waals surface area contributed by atoms with Crippen LogP contribution in [0.3, 0.4) is 0 Å². The normalized spacial score (nSPS) is 12.1. The van der Waals surface area contributed by atoms with Crippen molar-refractivity contribution in [3.05, 3.63) is 107 Å². The maximum Gasteiger partial charge on any atom is 0.416 e. The molecule has 0 aliphatic rings. The van der Waals surface area contributed by atoms with Crippen LogP contribution >= 0.6 is 0 Å². The quantitative estimate of drug-likeness (QED) is 0.423. The molecule has 0 atom stereocenters. The summed E-state index contributed by atoms with van der Waals surface area (Å²) in [4.78, 5) is 12.6. The van der Waals surface area contributed by atoms with Crippen LogP contribution in [0.2, 0.25) is 0 Å². The summed E-state index contributed by atoms with van der Waals surface area (Å²) in [5.41, 5.74) is -1.37. The van der Waals surface area contributed by atoms with Crippen LogP contribution in [0.5, 0.6) is 0 Å². The second-order valence-electron chi connectivity index (χ2n) is 7.27. The van der Waals surface area contributed by atoms with E-state index in [0.29, 0.717) is 12.1 Å². The largest absolute Gasteiger partial charge is 0.416 e. The lowest BCUT2D eigenvalue weighted by atomic mass is 9.88. The Labute approximate surface area is 180 Å². The zero-order chi connectivity index (χ0) is 23.4. The van der Waals surface area contributed by atoms with Crippen LogP contribution < -0.4 is 5.32 Å². The van der Waals surface area contributed by atoms with Gasteiger partial charge in [-0.25, -0.2) is 0 Å². The van der Waals surface area contributed by atoms with E-state index in [2.05, 4.69) is 5.32 Å². The zero-order valence-electron chi connectivity index (χ0n) is 16.7. The molecule has 168 valence electrons. The zero-order valence-corrected chi connectivity index (χ0v) is 16.7. The van der Waals surface area contributed by atoms with E-state index in [4.69, 9.17) is 0 Å². The van der Waals surface area contributed by atoms with Gasteiger partial charge in [0.15, 0.2) is 0 Å². The Bertz CT molecular complexity index is 974. The summed E-state index contributed by atoms with van der Waals surface area (Å²) < 4.78 is 78.2. The van der Waals surface area contributed by atoms with Crippen LogP contribution in [0, 0.1) is 0 Å². The molecule has 0 saturated heterocycles. The molecule has 32 heavy (non-hydrogen) atoms. The first kappa shape index (κ1) is 23.4. The second kappa shape index (κ2) is 9.46. The molecule has 1 N–H and O–H groups in total. The summed E-state index contributed by atoms with van der Waals surface area (Å²) in [6.07, 6.45) is -9.89. The van der Waals surface area contributed by atoms with Crippen LogP contribution in [0.15, 0.2) is 78.9 Å². The van der Waals surface area contributed by atoms with Gasteiger partial charge in [0, 0.05) is 18.9 Å². The molecular weight excluding hydrogens is 432 g/mol. The molecular formula is C24H19F6NO. The molecule has 0 aliphatic carbocycles. The molecule has 0 saturated carbocycles. The number of hydrogen-bond donors (Lipinski definition) is 1. The number of rotatable bonds is 6. The summed E-state index contributed by atoms with van der Waals surface area (Å²) in [5.74, 6) is -0.807. The molecule has 0 bridgehead atoms. The van der Waals surface area contributed by atoms with E-state index in [9.17, 15) is 31.1 Å². The predicted molar refractivity (Wildman–Crippen MR) is 108 cm³/mol. The smallest absolute Gasteiger partial charge is 0.352 e. The van der Waals surface area contributed by atoms with E-state index in [1.165, 1.54) is 0 Å². The fraction of sp³-hybridized carbons (Fsp3) is 0.208. The average Bonchev–Trinajstić information content (AvgIpc) is 2.76. The standard InChI is InChI=1S/C24H19F6NO/c25-23(26,27)19-11-16(12-20(13-19)24(28,29)30)15-31-22(32)14-21(17-7-3-1-4-8-17)18-9-5-2-6-10-18/h1-13,21H,14-15H2,(H,31,32). The van der Waals surface area contributed by atoms with Crippen LogP contribution in [-0.4, -0.2) is 5.91 Å². The summed E-state index contributed by atoms with van der Waals surface area (Å²) in [6, 6.07) is 19.7. The predicted octanol–water partition coefficient (Wildman–Crippen LogP) is 6.56. The van der Waals surface area contributed by atoms with Gasteiger partial charge in [0.05, 0.1) is 11.1 Å². The van der Waals surface area contributed by atoms with Gasteiger partial charge in [-0.1, -0.05) is 60.7 Å². The van der Waals surface area contributed by atoms with Crippen molar-refractivity contribution in [2.45, 2.75) is 31.2 Å². The Morgan fingerprint density at radius 2 is 1.16 bits per heavy atom. The third kappa shape index (κ3) is 6.12.